The van der Waals surface area contributed by atoms with E-state index >= 15 is 0 Å². The maximum Gasteiger partial charge on any atom is 0.310 e. The van der Waals surface area contributed by atoms with Gasteiger partial charge in [0.25, 0.3) is 5.91 Å². The number of carbonyl (C=O) groups excluding carboxylic acids is 3. The molecule has 26 heavy (non-hydrogen) atoms. The molecule has 2 aliphatic rings. The zero-order valence-electron chi connectivity index (χ0n) is 15.4. The second-order valence-corrected chi connectivity index (χ2v) is 6.86. The number of piperidine rings is 1. The van der Waals surface area contributed by atoms with Crippen molar-refractivity contribution in [2.45, 2.75) is 45.6 Å². The Labute approximate surface area is 154 Å². The van der Waals surface area contributed by atoms with Crippen molar-refractivity contribution in [3.8, 4) is 0 Å². The highest BCUT2D eigenvalue weighted by Crippen LogP contribution is 2.31. The summed E-state index contributed by atoms with van der Waals surface area (Å²) in [6.07, 6.45) is 2.53. The Morgan fingerprint density at radius 1 is 1.23 bits per heavy atom. The molecule has 0 unspecified atom stereocenters. The van der Waals surface area contributed by atoms with E-state index < -0.39 is 6.04 Å². The molecule has 2 heterocycles. The van der Waals surface area contributed by atoms with Gasteiger partial charge in [0.1, 0.15) is 0 Å². The molecule has 0 bridgehead atoms. The fourth-order valence-electron chi connectivity index (χ4n) is 3.92. The molecule has 2 aliphatic heterocycles. The van der Waals surface area contributed by atoms with E-state index in [0.29, 0.717) is 18.8 Å². The first-order chi connectivity index (χ1) is 12.6. The maximum absolute atomic E-state index is 13.0. The van der Waals surface area contributed by atoms with Gasteiger partial charge < -0.3 is 4.74 Å². The summed E-state index contributed by atoms with van der Waals surface area (Å²) in [6.45, 7) is 5.36. The third-order valence-corrected chi connectivity index (χ3v) is 5.25. The number of para-hydroxylation sites is 1. The van der Waals surface area contributed by atoms with Crippen LogP contribution in [0.1, 0.15) is 38.7 Å². The van der Waals surface area contributed by atoms with Gasteiger partial charge in [0.05, 0.1) is 30.7 Å². The van der Waals surface area contributed by atoms with Crippen LogP contribution in [-0.2, 0) is 25.5 Å². The molecule has 0 aromatic heterocycles. The Balaban J connectivity index is 1.77. The molecule has 2 saturated heterocycles. The molecule has 0 radical (unpaired) electrons. The normalized spacial score (nSPS) is 24.2. The molecule has 0 aliphatic carbocycles. The number of aryl methyl sites for hydroxylation is 1. The number of esters is 1. The lowest BCUT2D eigenvalue weighted by atomic mass is 9.96. The third kappa shape index (κ3) is 3.51. The summed E-state index contributed by atoms with van der Waals surface area (Å²) in [5.74, 6) is -0.773. The van der Waals surface area contributed by atoms with Gasteiger partial charge in [0.2, 0.25) is 5.91 Å². The minimum Gasteiger partial charge on any atom is -0.466 e. The van der Waals surface area contributed by atoms with E-state index in [-0.39, 0.29) is 30.1 Å². The van der Waals surface area contributed by atoms with Gasteiger partial charge in [-0.2, -0.15) is 0 Å². The van der Waals surface area contributed by atoms with Crippen LogP contribution in [-0.4, -0.2) is 48.4 Å². The second-order valence-electron chi connectivity index (χ2n) is 6.86. The predicted octanol–water partition coefficient (Wildman–Crippen LogP) is 2.16. The van der Waals surface area contributed by atoms with Crippen LogP contribution in [0.2, 0.25) is 0 Å². The number of amides is 2. The van der Waals surface area contributed by atoms with E-state index in [4.69, 9.17) is 4.74 Å². The lowest BCUT2D eigenvalue weighted by Crippen LogP contribution is -2.48. The zero-order valence-corrected chi connectivity index (χ0v) is 15.4. The Kier molecular flexibility index (Phi) is 5.71. The van der Waals surface area contributed by atoms with Gasteiger partial charge in [0, 0.05) is 6.54 Å². The molecule has 0 spiro atoms. The number of ether oxygens (including phenoxy) is 1. The molecular formula is C20H26N2O4. The first-order valence-electron chi connectivity index (χ1n) is 9.42. The Bertz CT molecular complexity index is 703. The van der Waals surface area contributed by atoms with Gasteiger partial charge >= 0.3 is 5.97 Å². The smallest absolute Gasteiger partial charge is 0.310 e. The van der Waals surface area contributed by atoms with Gasteiger partial charge in [-0.05, 0) is 44.4 Å². The quantitative estimate of drug-likeness (QED) is 0.596. The largest absolute Gasteiger partial charge is 0.466 e. The van der Waals surface area contributed by atoms with Crippen LogP contribution in [0.3, 0.4) is 0 Å². The number of hydrogen-bond acceptors (Lipinski definition) is 5. The predicted molar refractivity (Wildman–Crippen MR) is 97.6 cm³/mol. The molecule has 1 aromatic rings. The van der Waals surface area contributed by atoms with Crippen molar-refractivity contribution in [2.24, 2.45) is 5.92 Å². The highest BCUT2D eigenvalue weighted by molar-refractivity contribution is 6.22. The van der Waals surface area contributed by atoms with E-state index in [0.717, 1.165) is 31.4 Å². The van der Waals surface area contributed by atoms with Crippen molar-refractivity contribution >= 4 is 23.5 Å². The lowest BCUT2D eigenvalue weighted by molar-refractivity contribution is -0.150. The van der Waals surface area contributed by atoms with Crippen LogP contribution >= 0.6 is 0 Å². The van der Waals surface area contributed by atoms with E-state index in [2.05, 4.69) is 0 Å². The Hall–Kier alpha value is -2.21. The van der Waals surface area contributed by atoms with Crippen LogP contribution in [0.4, 0.5) is 5.69 Å². The number of rotatable bonds is 5. The fraction of sp³-hybridized carbons (Fsp3) is 0.550. The number of carbonyl (C=O) groups is 3. The van der Waals surface area contributed by atoms with Crippen LogP contribution in [0.15, 0.2) is 24.3 Å². The summed E-state index contributed by atoms with van der Waals surface area (Å²) in [5.41, 5.74) is 1.67. The molecule has 2 fully saturated rings. The maximum atomic E-state index is 13.0. The van der Waals surface area contributed by atoms with Crippen molar-refractivity contribution in [3.63, 3.8) is 0 Å². The van der Waals surface area contributed by atoms with Crippen LogP contribution in [0, 0.1) is 5.92 Å². The summed E-state index contributed by atoms with van der Waals surface area (Å²) in [4.78, 5) is 41.0. The van der Waals surface area contributed by atoms with E-state index in [9.17, 15) is 14.4 Å². The fourth-order valence-corrected chi connectivity index (χ4v) is 3.92. The molecule has 2 atom stereocenters. The molecular weight excluding hydrogens is 332 g/mol. The van der Waals surface area contributed by atoms with Gasteiger partial charge in [-0.1, -0.05) is 25.1 Å². The molecule has 0 saturated carbocycles. The summed E-state index contributed by atoms with van der Waals surface area (Å²) in [7, 11) is 0. The summed E-state index contributed by atoms with van der Waals surface area (Å²) >= 11 is 0. The molecule has 0 N–H and O–H groups in total. The second kappa shape index (κ2) is 7.99. The number of hydrogen-bond donors (Lipinski definition) is 0. The minimum atomic E-state index is -0.482. The van der Waals surface area contributed by atoms with Gasteiger partial charge in [0.15, 0.2) is 0 Å². The highest BCUT2D eigenvalue weighted by atomic mass is 16.5. The van der Waals surface area contributed by atoms with Crippen molar-refractivity contribution in [2.75, 3.05) is 24.6 Å². The van der Waals surface area contributed by atoms with Crippen LogP contribution < -0.4 is 4.90 Å². The molecule has 6 heteroatoms. The molecule has 140 valence electrons. The standard InChI is InChI=1S/C20H26N2O4/c1-3-14-8-5-6-10-16(14)22-18(23)12-17(19(22)24)21-11-7-9-15(13-21)20(25)26-4-2/h5-6,8,10,15,17H,3-4,7,9,11-13H2,1-2H3/t15-,17+/m0/s1. The number of nitrogens with zero attached hydrogens (tertiary/aromatic N) is 2. The van der Waals surface area contributed by atoms with Crippen molar-refractivity contribution in [1.29, 1.82) is 0 Å². The first kappa shape index (κ1) is 18.6. The summed E-state index contributed by atoms with van der Waals surface area (Å²) in [5, 5.41) is 0. The van der Waals surface area contributed by atoms with Gasteiger partial charge in [-0.25, -0.2) is 4.90 Å². The van der Waals surface area contributed by atoms with Crippen molar-refractivity contribution in [1.82, 2.24) is 4.90 Å². The number of imide groups is 1. The van der Waals surface area contributed by atoms with Crippen LogP contribution in [0.5, 0.6) is 0 Å². The lowest BCUT2D eigenvalue weighted by Gasteiger charge is -2.34. The number of likely N-dealkylation sites (tertiary alicyclic amines) is 1. The van der Waals surface area contributed by atoms with Crippen LogP contribution in [0.25, 0.3) is 0 Å². The van der Waals surface area contributed by atoms with E-state index in [1.54, 1.807) is 6.92 Å². The molecule has 1 aromatic carbocycles. The highest BCUT2D eigenvalue weighted by Gasteiger charge is 2.44. The molecule has 6 nitrogen and oxygen atoms in total. The first-order valence-corrected chi connectivity index (χ1v) is 9.42. The Morgan fingerprint density at radius 2 is 2.00 bits per heavy atom. The molecule has 3 rings (SSSR count). The average molecular weight is 358 g/mol. The SMILES string of the molecule is CCOC(=O)[C@H]1CCCN([C@@H]2CC(=O)N(c3ccccc3CC)C2=O)C1. The van der Waals surface area contributed by atoms with Crippen molar-refractivity contribution in [3.05, 3.63) is 29.8 Å². The number of anilines is 1. The number of benzene rings is 1. The van der Waals surface area contributed by atoms with Gasteiger partial charge in [-0.15, -0.1) is 0 Å². The monoisotopic (exact) mass is 358 g/mol. The summed E-state index contributed by atoms with van der Waals surface area (Å²) in [6, 6.07) is 7.05. The third-order valence-electron chi connectivity index (χ3n) is 5.25. The zero-order chi connectivity index (χ0) is 18.7. The van der Waals surface area contributed by atoms with Gasteiger partial charge in [-0.3, -0.25) is 19.3 Å². The minimum absolute atomic E-state index is 0.167. The Morgan fingerprint density at radius 3 is 2.73 bits per heavy atom. The van der Waals surface area contributed by atoms with E-state index in [1.165, 1.54) is 4.90 Å². The van der Waals surface area contributed by atoms with E-state index in [1.807, 2.05) is 36.1 Å². The topological polar surface area (TPSA) is 66.9 Å². The summed E-state index contributed by atoms with van der Waals surface area (Å²) < 4.78 is 5.13. The van der Waals surface area contributed by atoms with Crippen molar-refractivity contribution < 1.29 is 19.1 Å². The average Bonchev–Trinajstić information content (AvgIpc) is 2.96. The molecule has 2 amide bonds.